The molecule has 3 rings (SSSR count). The summed E-state index contributed by atoms with van der Waals surface area (Å²) in [7, 11) is -3.75. The highest BCUT2D eigenvalue weighted by atomic mass is 32.2. The molecule has 0 aliphatic carbocycles. The molecule has 10 nitrogen and oxygen atoms in total. The Balaban J connectivity index is 1.65. The molecule has 184 valence electrons. The molecule has 34 heavy (non-hydrogen) atoms. The van der Waals surface area contributed by atoms with Gasteiger partial charge in [-0.25, -0.2) is 8.42 Å². The largest absolute Gasteiger partial charge is 0.371 e. The number of benzene rings is 1. The van der Waals surface area contributed by atoms with Gasteiger partial charge in [0.2, 0.25) is 21.8 Å². The van der Waals surface area contributed by atoms with E-state index in [9.17, 15) is 22.8 Å². The number of carbonyl (C=O) groups is 2. The number of amides is 2. The van der Waals surface area contributed by atoms with Crippen molar-refractivity contribution < 1.29 is 18.0 Å². The van der Waals surface area contributed by atoms with E-state index in [0.29, 0.717) is 31.6 Å². The Bertz CT molecular complexity index is 1180. The normalized spacial score (nSPS) is 14.9. The number of hydrogen-bond donors (Lipinski definition) is 2. The predicted molar refractivity (Wildman–Crippen MR) is 130 cm³/mol. The Hall–Kier alpha value is -3.18. The second-order valence-electron chi connectivity index (χ2n) is 8.18. The first-order valence-electron chi connectivity index (χ1n) is 11.3. The van der Waals surface area contributed by atoms with Crippen molar-refractivity contribution in [1.82, 2.24) is 8.87 Å². The molecule has 3 N–H and O–H groups in total. The maximum atomic E-state index is 12.7. The first-order chi connectivity index (χ1) is 16.1. The standard InChI is InChI=1S/C23H31N5O5S/c1-3-28(4-2)34(32,33)20-9-10-22(30)27(15-20)16-21(29)25-18-5-7-19(8-6-18)26-13-11-17(12-14-26)23(24)31/h5-10,15,17H,3-4,11-14,16H2,1-2H3,(H2,24,31)(H,25,29). The number of pyridine rings is 1. The molecule has 2 aromatic rings. The van der Waals surface area contributed by atoms with Gasteiger partial charge in [-0.2, -0.15) is 4.31 Å². The molecule has 0 unspecified atom stereocenters. The molecule has 0 radical (unpaired) electrons. The van der Waals surface area contributed by atoms with E-state index in [1.807, 2.05) is 12.1 Å². The van der Waals surface area contributed by atoms with Crippen LogP contribution in [-0.4, -0.2) is 55.3 Å². The molecule has 1 aromatic heterocycles. The van der Waals surface area contributed by atoms with Crippen LogP contribution in [0, 0.1) is 5.92 Å². The summed E-state index contributed by atoms with van der Waals surface area (Å²) < 4.78 is 27.8. The van der Waals surface area contributed by atoms with Gasteiger partial charge in [0, 0.05) is 55.7 Å². The van der Waals surface area contributed by atoms with E-state index < -0.39 is 21.5 Å². The quantitative estimate of drug-likeness (QED) is 0.544. The van der Waals surface area contributed by atoms with Crippen molar-refractivity contribution >= 4 is 33.2 Å². The fraction of sp³-hybridized carbons (Fsp3) is 0.435. The lowest BCUT2D eigenvalue weighted by atomic mass is 9.96. The van der Waals surface area contributed by atoms with Crippen molar-refractivity contribution in [1.29, 1.82) is 0 Å². The molecule has 0 atom stereocenters. The Kier molecular flexibility index (Phi) is 8.11. The maximum absolute atomic E-state index is 12.7. The molecule has 1 aromatic carbocycles. The van der Waals surface area contributed by atoms with Gasteiger partial charge in [-0.3, -0.25) is 14.4 Å². The third-order valence-electron chi connectivity index (χ3n) is 6.03. The van der Waals surface area contributed by atoms with Gasteiger partial charge in [0.05, 0.1) is 4.90 Å². The molecule has 1 saturated heterocycles. The minimum Gasteiger partial charge on any atom is -0.371 e. The van der Waals surface area contributed by atoms with Crippen molar-refractivity contribution in [3.8, 4) is 0 Å². The first kappa shape index (κ1) is 25.4. The molecule has 1 aliphatic rings. The zero-order valence-electron chi connectivity index (χ0n) is 19.4. The molecule has 11 heteroatoms. The Morgan fingerprint density at radius 1 is 1.06 bits per heavy atom. The van der Waals surface area contributed by atoms with Crippen LogP contribution in [0.5, 0.6) is 0 Å². The lowest BCUT2D eigenvalue weighted by molar-refractivity contribution is -0.122. The van der Waals surface area contributed by atoms with E-state index >= 15 is 0 Å². The number of sulfonamides is 1. The number of primary amides is 1. The fourth-order valence-electron chi connectivity index (χ4n) is 4.03. The van der Waals surface area contributed by atoms with Crippen LogP contribution in [0.4, 0.5) is 11.4 Å². The summed E-state index contributed by atoms with van der Waals surface area (Å²) in [6.07, 6.45) is 2.63. The molecule has 0 spiro atoms. The van der Waals surface area contributed by atoms with Gasteiger partial charge in [0.15, 0.2) is 0 Å². The van der Waals surface area contributed by atoms with Gasteiger partial charge >= 0.3 is 0 Å². The van der Waals surface area contributed by atoms with Gasteiger partial charge in [-0.15, -0.1) is 0 Å². The number of rotatable bonds is 9. The maximum Gasteiger partial charge on any atom is 0.251 e. The molecule has 1 fully saturated rings. The van der Waals surface area contributed by atoms with E-state index in [4.69, 9.17) is 5.73 Å². The van der Waals surface area contributed by atoms with Crippen LogP contribution < -0.4 is 21.5 Å². The predicted octanol–water partition coefficient (Wildman–Crippen LogP) is 1.22. The monoisotopic (exact) mass is 489 g/mol. The molecule has 0 saturated carbocycles. The van der Waals surface area contributed by atoms with E-state index in [0.717, 1.165) is 29.4 Å². The van der Waals surface area contributed by atoms with Crippen LogP contribution in [-0.2, 0) is 26.2 Å². The zero-order valence-corrected chi connectivity index (χ0v) is 20.3. The Morgan fingerprint density at radius 3 is 2.24 bits per heavy atom. The number of carbonyl (C=O) groups excluding carboxylic acids is 2. The van der Waals surface area contributed by atoms with Gasteiger partial charge in [0.25, 0.3) is 5.56 Å². The van der Waals surface area contributed by atoms with E-state index in [-0.39, 0.29) is 23.3 Å². The number of nitrogens with two attached hydrogens (primary N) is 1. The average molecular weight is 490 g/mol. The minimum atomic E-state index is -3.75. The Labute approximate surface area is 199 Å². The van der Waals surface area contributed by atoms with Crippen molar-refractivity contribution in [2.45, 2.75) is 38.1 Å². The van der Waals surface area contributed by atoms with Gasteiger partial charge in [-0.05, 0) is 43.2 Å². The Morgan fingerprint density at radius 2 is 1.68 bits per heavy atom. The van der Waals surface area contributed by atoms with Crippen LogP contribution in [0.15, 0.2) is 52.3 Å². The van der Waals surface area contributed by atoms with Crippen LogP contribution >= 0.6 is 0 Å². The summed E-state index contributed by atoms with van der Waals surface area (Å²) in [6, 6.07) is 9.69. The minimum absolute atomic E-state index is 0.0342. The zero-order chi connectivity index (χ0) is 24.9. The van der Waals surface area contributed by atoms with Gasteiger partial charge in [-0.1, -0.05) is 13.8 Å². The second kappa shape index (κ2) is 10.8. The van der Waals surface area contributed by atoms with Crippen molar-refractivity contribution in [3.05, 3.63) is 52.9 Å². The highest BCUT2D eigenvalue weighted by Gasteiger charge is 2.24. The number of nitrogens with zero attached hydrogens (tertiary/aromatic N) is 3. The van der Waals surface area contributed by atoms with Gasteiger partial charge < -0.3 is 20.5 Å². The van der Waals surface area contributed by atoms with E-state index in [1.54, 1.807) is 26.0 Å². The highest BCUT2D eigenvalue weighted by molar-refractivity contribution is 7.89. The molecule has 1 aliphatic heterocycles. The topological polar surface area (TPSA) is 135 Å². The van der Waals surface area contributed by atoms with Crippen molar-refractivity contribution in [2.75, 3.05) is 36.4 Å². The number of nitrogens with one attached hydrogen (secondary N) is 1. The van der Waals surface area contributed by atoms with Crippen LogP contribution in [0.1, 0.15) is 26.7 Å². The lowest BCUT2D eigenvalue weighted by Gasteiger charge is -2.32. The summed E-state index contributed by atoms with van der Waals surface area (Å²) in [5.41, 5.74) is 6.45. The molecular weight excluding hydrogens is 458 g/mol. The molecule has 0 bridgehead atoms. The average Bonchev–Trinajstić information content (AvgIpc) is 2.81. The van der Waals surface area contributed by atoms with Crippen molar-refractivity contribution in [2.24, 2.45) is 11.7 Å². The van der Waals surface area contributed by atoms with Crippen molar-refractivity contribution in [3.63, 3.8) is 0 Å². The van der Waals surface area contributed by atoms with Crippen LogP contribution in [0.3, 0.4) is 0 Å². The number of hydrogen-bond acceptors (Lipinski definition) is 6. The first-order valence-corrected chi connectivity index (χ1v) is 12.7. The third-order valence-corrected chi connectivity index (χ3v) is 8.06. The summed E-state index contributed by atoms with van der Waals surface area (Å²) >= 11 is 0. The molecular formula is C23H31N5O5S. The summed E-state index contributed by atoms with van der Waals surface area (Å²) in [5.74, 6) is -0.791. The number of aromatic nitrogens is 1. The lowest BCUT2D eigenvalue weighted by Crippen LogP contribution is -2.38. The fourth-order valence-corrected chi connectivity index (χ4v) is 5.51. The summed E-state index contributed by atoms with van der Waals surface area (Å²) in [4.78, 5) is 38.2. The summed E-state index contributed by atoms with van der Waals surface area (Å²) in [6.45, 7) is 5.22. The number of piperidine rings is 1. The van der Waals surface area contributed by atoms with Crippen LogP contribution in [0.25, 0.3) is 0 Å². The highest BCUT2D eigenvalue weighted by Crippen LogP contribution is 2.24. The number of anilines is 2. The smallest absolute Gasteiger partial charge is 0.251 e. The molecule has 2 heterocycles. The summed E-state index contributed by atoms with van der Waals surface area (Å²) in [5, 5.41) is 2.73. The van der Waals surface area contributed by atoms with E-state index in [1.165, 1.54) is 16.6 Å². The van der Waals surface area contributed by atoms with Crippen LogP contribution in [0.2, 0.25) is 0 Å². The molecule has 2 amide bonds. The third kappa shape index (κ3) is 5.84. The SMILES string of the molecule is CCN(CC)S(=O)(=O)c1ccc(=O)n(CC(=O)Nc2ccc(N3CCC(C(N)=O)CC3)cc2)c1. The second-order valence-corrected chi connectivity index (χ2v) is 10.1. The van der Waals surface area contributed by atoms with Gasteiger partial charge in [0.1, 0.15) is 6.54 Å². The van der Waals surface area contributed by atoms with E-state index in [2.05, 4.69) is 10.2 Å².